The Morgan fingerprint density at radius 2 is 2.23 bits per heavy atom. The largest absolute Gasteiger partial charge is 0.396 e. The summed E-state index contributed by atoms with van der Waals surface area (Å²) in [5.41, 5.74) is 0. The number of hydrogen-bond donors (Lipinski definition) is 1. The topological polar surface area (TPSA) is 20.2 Å². The van der Waals surface area contributed by atoms with Crippen LogP contribution in [0.4, 0.5) is 0 Å². The van der Waals surface area contributed by atoms with E-state index in [0.29, 0.717) is 0 Å². The van der Waals surface area contributed by atoms with Crippen molar-refractivity contribution in [2.45, 2.75) is 6.42 Å². The van der Waals surface area contributed by atoms with Crippen LogP contribution in [0.5, 0.6) is 0 Å². The average Bonchev–Trinajstić information content (AvgIpc) is 2.49. The minimum absolute atomic E-state index is 0.227. The first kappa shape index (κ1) is 9.19. The monoisotopic (exact) mass is 256 g/mol. The summed E-state index contributed by atoms with van der Waals surface area (Å²) in [7, 11) is 0. The molecule has 0 atom stereocenters. The molecule has 0 aliphatic rings. The quantitative estimate of drug-likeness (QED) is 0.875. The van der Waals surface area contributed by atoms with Crippen molar-refractivity contribution in [3.63, 3.8) is 0 Å². The third-order valence-corrected chi connectivity index (χ3v) is 3.77. The molecule has 13 heavy (non-hydrogen) atoms. The molecule has 1 aromatic heterocycles. The van der Waals surface area contributed by atoms with Crippen LogP contribution in [0.2, 0.25) is 0 Å². The molecule has 2 rings (SSSR count). The molecule has 0 amide bonds. The number of aliphatic hydroxyl groups excluding tert-OH is 1. The minimum Gasteiger partial charge on any atom is -0.396 e. The lowest BCUT2D eigenvalue weighted by atomic mass is 10.2. The normalized spacial score (nSPS) is 10.9. The lowest BCUT2D eigenvalue weighted by Crippen LogP contribution is -1.84. The number of thiophene rings is 1. The molecule has 1 N–H and O–H groups in total. The minimum atomic E-state index is 0.227. The third kappa shape index (κ3) is 1.77. The second-order valence-electron chi connectivity index (χ2n) is 2.84. The van der Waals surface area contributed by atoms with Crippen LogP contribution < -0.4 is 0 Å². The van der Waals surface area contributed by atoms with E-state index in [1.54, 1.807) is 11.3 Å². The Kier molecular flexibility index (Phi) is 2.67. The first-order valence-electron chi connectivity index (χ1n) is 4.09. The van der Waals surface area contributed by atoms with E-state index in [1.165, 1.54) is 15.0 Å². The van der Waals surface area contributed by atoms with E-state index >= 15 is 0 Å². The van der Waals surface area contributed by atoms with Gasteiger partial charge in [-0.2, -0.15) is 0 Å². The van der Waals surface area contributed by atoms with Gasteiger partial charge in [0.25, 0.3) is 0 Å². The summed E-state index contributed by atoms with van der Waals surface area (Å²) in [6.45, 7) is 0.227. The van der Waals surface area contributed by atoms with Gasteiger partial charge in [0.1, 0.15) is 0 Å². The predicted octanol–water partition coefficient (Wildman–Crippen LogP) is 3.20. The van der Waals surface area contributed by atoms with Crippen LogP contribution in [-0.4, -0.2) is 11.7 Å². The van der Waals surface area contributed by atoms with Crippen molar-refractivity contribution in [3.05, 3.63) is 33.6 Å². The summed E-state index contributed by atoms with van der Waals surface area (Å²) in [4.78, 5) is 1.24. The van der Waals surface area contributed by atoms with Crippen LogP contribution in [-0.2, 0) is 6.42 Å². The van der Waals surface area contributed by atoms with Gasteiger partial charge in [0.15, 0.2) is 0 Å². The summed E-state index contributed by atoms with van der Waals surface area (Å²) in [5.74, 6) is 0. The zero-order chi connectivity index (χ0) is 9.26. The van der Waals surface area contributed by atoms with E-state index in [-0.39, 0.29) is 6.61 Å². The molecule has 0 fully saturated rings. The van der Waals surface area contributed by atoms with Crippen molar-refractivity contribution in [2.24, 2.45) is 0 Å². The van der Waals surface area contributed by atoms with Crippen molar-refractivity contribution in [3.8, 4) is 0 Å². The zero-order valence-corrected chi connectivity index (χ0v) is 9.36. The Bertz CT molecular complexity index is 422. The van der Waals surface area contributed by atoms with Crippen molar-refractivity contribution in [2.75, 3.05) is 6.61 Å². The highest BCUT2D eigenvalue weighted by Crippen LogP contribution is 2.31. The standard InChI is InChI=1S/C10H9BrOS/c11-9-2-1-3-10-8(9)6-7(13-10)4-5-12/h1-3,6,12H,4-5H2. The third-order valence-electron chi connectivity index (χ3n) is 1.92. The number of fused-ring (bicyclic) bond motifs is 1. The molecule has 0 saturated heterocycles. The number of rotatable bonds is 2. The molecule has 1 heterocycles. The van der Waals surface area contributed by atoms with E-state index in [1.807, 2.05) is 12.1 Å². The molecule has 68 valence electrons. The summed E-state index contributed by atoms with van der Waals surface area (Å²) >= 11 is 5.25. The highest BCUT2D eigenvalue weighted by molar-refractivity contribution is 9.10. The zero-order valence-electron chi connectivity index (χ0n) is 6.96. The van der Waals surface area contributed by atoms with Crippen LogP contribution >= 0.6 is 27.3 Å². The maximum absolute atomic E-state index is 8.81. The molecule has 0 radical (unpaired) electrons. The molecular weight excluding hydrogens is 248 g/mol. The van der Waals surface area contributed by atoms with E-state index in [2.05, 4.69) is 28.1 Å². The Hall–Kier alpha value is -0.380. The van der Waals surface area contributed by atoms with E-state index in [4.69, 9.17) is 5.11 Å². The molecule has 3 heteroatoms. The molecule has 2 aromatic rings. The number of aliphatic hydroxyl groups is 1. The molecule has 0 aliphatic heterocycles. The first-order valence-corrected chi connectivity index (χ1v) is 5.70. The van der Waals surface area contributed by atoms with Gasteiger partial charge in [-0.15, -0.1) is 11.3 Å². The predicted molar refractivity (Wildman–Crippen MR) is 60.3 cm³/mol. The maximum Gasteiger partial charge on any atom is 0.0479 e. The molecule has 0 saturated carbocycles. The average molecular weight is 257 g/mol. The lowest BCUT2D eigenvalue weighted by molar-refractivity contribution is 0.300. The number of benzene rings is 1. The lowest BCUT2D eigenvalue weighted by Gasteiger charge is -1.90. The Morgan fingerprint density at radius 3 is 2.92 bits per heavy atom. The second-order valence-corrected chi connectivity index (χ2v) is 4.86. The van der Waals surface area contributed by atoms with Crippen molar-refractivity contribution in [1.82, 2.24) is 0 Å². The highest BCUT2D eigenvalue weighted by atomic mass is 79.9. The Balaban J connectivity index is 2.55. The van der Waals surface area contributed by atoms with E-state index in [0.717, 1.165) is 10.9 Å². The summed E-state index contributed by atoms with van der Waals surface area (Å²) in [6, 6.07) is 8.31. The van der Waals surface area contributed by atoms with Crippen molar-refractivity contribution in [1.29, 1.82) is 0 Å². The Labute approximate surface area is 89.1 Å². The van der Waals surface area contributed by atoms with E-state index < -0.39 is 0 Å². The molecule has 0 aliphatic carbocycles. The van der Waals surface area contributed by atoms with Gasteiger partial charge in [-0.3, -0.25) is 0 Å². The molecular formula is C10H9BrOS. The molecule has 0 spiro atoms. The number of halogens is 1. The maximum atomic E-state index is 8.81. The first-order chi connectivity index (χ1) is 6.31. The van der Waals surface area contributed by atoms with Crippen LogP contribution in [0.25, 0.3) is 10.1 Å². The van der Waals surface area contributed by atoms with E-state index in [9.17, 15) is 0 Å². The molecule has 0 unspecified atom stereocenters. The Morgan fingerprint density at radius 1 is 1.38 bits per heavy atom. The van der Waals surface area contributed by atoms with Gasteiger partial charge in [0, 0.05) is 32.5 Å². The van der Waals surface area contributed by atoms with Crippen molar-refractivity contribution < 1.29 is 5.11 Å². The fraction of sp³-hybridized carbons (Fsp3) is 0.200. The second kappa shape index (κ2) is 3.78. The van der Waals surface area contributed by atoms with Gasteiger partial charge in [0.2, 0.25) is 0 Å². The van der Waals surface area contributed by atoms with Crippen LogP contribution in [0.3, 0.4) is 0 Å². The smallest absolute Gasteiger partial charge is 0.0479 e. The van der Waals surface area contributed by atoms with Gasteiger partial charge >= 0.3 is 0 Å². The summed E-state index contributed by atoms with van der Waals surface area (Å²) < 4.78 is 2.41. The van der Waals surface area contributed by atoms with Crippen molar-refractivity contribution >= 4 is 37.4 Å². The van der Waals surface area contributed by atoms with Gasteiger partial charge in [0.05, 0.1) is 0 Å². The molecule has 1 aromatic carbocycles. The van der Waals surface area contributed by atoms with Crippen LogP contribution in [0.1, 0.15) is 4.88 Å². The van der Waals surface area contributed by atoms with Gasteiger partial charge in [-0.25, -0.2) is 0 Å². The summed E-state index contributed by atoms with van der Waals surface area (Å²) in [5, 5.41) is 10.1. The number of hydrogen-bond acceptors (Lipinski definition) is 2. The SMILES string of the molecule is OCCc1cc2c(Br)cccc2s1. The van der Waals surface area contributed by atoms with Gasteiger partial charge in [-0.05, 0) is 18.2 Å². The van der Waals surface area contributed by atoms with Crippen LogP contribution in [0, 0.1) is 0 Å². The molecule has 0 bridgehead atoms. The highest BCUT2D eigenvalue weighted by Gasteiger charge is 2.03. The molecule has 1 nitrogen and oxygen atoms in total. The van der Waals surface area contributed by atoms with Gasteiger partial charge in [-0.1, -0.05) is 22.0 Å². The summed E-state index contributed by atoms with van der Waals surface area (Å²) in [6.07, 6.45) is 0.756. The van der Waals surface area contributed by atoms with Crippen LogP contribution in [0.15, 0.2) is 28.7 Å². The fourth-order valence-electron chi connectivity index (χ4n) is 1.31. The van der Waals surface area contributed by atoms with Gasteiger partial charge < -0.3 is 5.11 Å². The fourth-order valence-corrected chi connectivity index (χ4v) is 3.00.